The van der Waals surface area contributed by atoms with Crippen LogP contribution in [0.2, 0.25) is 0 Å². The van der Waals surface area contributed by atoms with Crippen molar-refractivity contribution in [3.8, 4) is 0 Å². The molecule has 1 aliphatic rings. The molecule has 2 heteroatoms. The van der Waals surface area contributed by atoms with E-state index in [-0.39, 0.29) is 0 Å². The van der Waals surface area contributed by atoms with Gasteiger partial charge in [-0.15, -0.1) is 11.3 Å². The van der Waals surface area contributed by atoms with Crippen LogP contribution in [0.1, 0.15) is 74.2 Å². The normalized spacial score (nSPS) is 25.0. The molecule has 19 heavy (non-hydrogen) atoms. The lowest BCUT2D eigenvalue weighted by atomic mass is 9.85. The summed E-state index contributed by atoms with van der Waals surface area (Å²) in [6, 6.07) is 3.56. The Balaban J connectivity index is 1.95. The molecule has 2 unspecified atom stereocenters. The molecule has 2 rings (SSSR count). The van der Waals surface area contributed by atoms with Crippen LogP contribution in [-0.4, -0.2) is 6.04 Å². The first-order valence-electron chi connectivity index (χ1n) is 7.70. The maximum absolute atomic E-state index is 3.87. The van der Waals surface area contributed by atoms with Crippen LogP contribution in [0.25, 0.3) is 0 Å². The van der Waals surface area contributed by atoms with Gasteiger partial charge < -0.3 is 5.32 Å². The van der Waals surface area contributed by atoms with Gasteiger partial charge in [-0.25, -0.2) is 0 Å². The number of hydrogen-bond donors (Lipinski definition) is 1. The highest BCUT2D eigenvalue weighted by atomic mass is 32.1. The summed E-state index contributed by atoms with van der Waals surface area (Å²) in [6.07, 6.45) is 6.80. The summed E-state index contributed by atoms with van der Waals surface area (Å²) in [5.41, 5.74) is 2.06. The minimum atomic E-state index is 0.496. The quantitative estimate of drug-likeness (QED) is 0.733. The minimum absolute atomic E-state index is 0.496. The largest absolute Gasteiger partial charge is 0.307 e. The van der Waals surface area contributed by atoms with Gasteiger partial charge in [0.25, 0.3) is 0 Å². The zero-order chi connectivity index (χ0) is 14.0. The van der Waals surface area contributed by atoms with Crippen molar-refractivity contribution in [1.82, 2.24) is 5.32 Å². The number of thiophene rings is 1. The van der Waals surface area contributed by atoms with Gasteiger partial charge in [-0.2, -0.15) is 0 Å². The monoisotopic (exact) mass is 279 g/mol. The molecule has 1 aliphatic carbocycles. The van der Waals surface area contributed by atoms with Gasteiger partial charge in [0.05, 0.1) is 0 Å². The second kappa shape index (κ2) is 5.97. The summed E-state index contributed by atoms with van der Waals surface area (Å²) < 4.78 is 0. The molecule has 1 aromatic heterocycles. The molecule has 0 radical (unpaired) electrons. The third-order valence-corrected chi connectivity index (χ3v) is 5.59. The lowest BCUT2D eigenvalue weighted by Gasteiger charge is -2.24. The first-order valence-corrected chi connectivity index (χ1v) is 8.52. The van der Waals surface area contributed by atoms with E-state index in [1.165, 1.54) is 47.4 Å². The maximum Gasteiger partial charge on any atom is 0.0305 e. The Morgan fingerprint density at radius 3 is 2.63 bits per heavy atom. The fraction of sp³-hybridized carbons (Fsp3) is 0.765. The Labute approximate surface area is 122 Å². The lowest BCUT2D eigenvalue weighted by Crippen LogP contribution is -2.31. The van der Waals surface area contributed by atoms with Crippen LogP contribution >= 0.6 is 11.3 Å². The number of hydrogen-bond acceptors (Lipinski definition) is 2. The lowest BCUT2D eigenvalue weighted by molar-refractivity contribution is 0.307. The Morgan fingerprint density at radius 1 is 1.26 bits per heavy atom. The van der Waals surface area contributed by atoms with Crippen LogP contribution in [0.3, 0.4) is 0 Å². The van der Waals surface area contributed by atoms with Crippen LogP contribution < -0.4 is 5.32 Å². The summed E-state index contributed by atoms with van der Waals surface area (Å²) in [5.74, 6) is 0. The molecule has 0 amide bonds. The molecule has 0 spiro atoms. The smallest absolute Gasteiger partial charge is 0.0305 e. The summed E-state index contributed by atoms with van der Waals surface area (Å²) in [7, 11) is 0. The first kappa shape index (κ1) is 15.1. The summed E-state index contributed by atoms with van der Waals surface area (Å²) in [4.78, 5) is 2.91. The van der Waals surface area contributed by atoms with Crippen molar-refractivity contribution >= 4 is 11.3 Å². The van der Waals surface area contributed by atoms with Crippen molar-refractivity contribution in [3.05, 3.63) is 21.4 Å². The molecule has 0 aromatic carbocycles. The Kier molecular flexibility index (Phi) is 4.73. The van der Waals surface area contributed by atoms with Crippen molar-refractivity contribution in [2.75, 3.05) is 0 Å². The Hall–Kier alpha value is -0.340. The fourth-order valence-corrected chi connectivity index (χ4v) is 4.37. The molecule has 1 aromatic rings. The van der Waals surface area contributed by atoms with Gasteiger partial charge in [-0.1, -0.05) is 20.3 Å². The van der Waals surface area contributed by atoms with E-state index in [9.17, 15) is 0 Å². The van der Waals surface area contributed by atoms with Gasteiger partial charge in [0.15, 0.2) is 0 Å². The molecule has 0 bridgehead atoms. The highest BCUT2D eigenvalue weighted by molar-refractivity contribution is 7.12. The Bertz CT molecular complexity index is 419. The molecular weight excluding hydrogens is 250 g/mol. The van der Waals surface area contributed by atoms with Crippen LogP contribution in [0, 0.1) is 19.3 Å². The van der Waals surface area contributed by atoms with E-state index in [1.54, 1.807) is 0 Å². The highest BCUT2D eigenvalue weighted by Crippen LogP contribution is 2.35. The van der Waals surface area contributed by atoms with Gasteiger partial charge in [-0.3, -0.25) is 0 Å². The van der Waals surface area contributed by atoms with Gasteiger partial charge in [0.2, 0.25) is 0 Å². The van der Waals surface area contributed by atoms with Gasteiger partial charge in [0, 0.05) is 21.8 Å². The zero-order valence-corrected chi connectivity index (χ0v) is 14.0. The number of rotatable bonds is 3. The molecule has 0 saturated heterocycles. The molecule has 2 atom stereocenters. The topological polar surface area (TPSA) is 12.0 Å². The van der Waals surface area contributed by atoms with E-state index in [0.29, 0.717) is 17.5 Å². The van der Waals surface area contributed by atoms with Crippen LogP contribution in [0.5, 0.6) is 0 Å². The summed E-state index contributed by atoms with van der Waals surface area (Å²) in [5, 5.41) is 3.87. The van der Waals surface area contributed by atoms with Crippen molar-refractivity contribution < 1.29 is 0 Å². The molecule has 108 valence electrons. The molecule has 1 nitrogen and oxygen atoms in total. The van der Waals surface area contributed by atoms with E-state index >= 15 is 0 Å². The van der Waals surface area contributed by atoms with Gasteiger partial charge in [0.1, 0.15) is 0 Å². The van der Waals surface area contributed by atoms with E-state index in [0.717, 1.165) is 0 Å². The molecule has 1 fully saturated rings. The SMILES string of the molecule is Cc1cc(C(C)NC2CCCC(C)(C)CC2)c(C)s1. The van der Waals surface area contributed by atoms with Gasteiger partial charge in [-0.05, 0) is 63.5 Å². The van der Waals surface area contributed by atoms with Gasteiger partial charge >= 0.3 is 0 Å². The zero-order valence-electron chi connectivity index (χ0n) is 13.2. The third kappa shape index (κ3) is 4.06. The van der Waals surface area contributed by atoms with Crippen LogP contribution in [0.15, 0.2) is 6.07 Å². The fourth-order valence-electron chi connectivity index (χ4n) is 3.35. The summed E-state index contributed by atoms with van der Waals surface area (Å²) >= 11 is 1.92. The predicted molar refractivity (Wildman–Crippen MR) is 86.0 cm³/mol. The third-order valence-electron chi connectivity index (χ3n) is 4.61. The van der Waals surface area contributed by atoms with Crippen molar-refractivity contribution in [2.24, 2.45) is 5.41 Å². The minimum Gasteiger partial charge on any atom is -0.307 e. The number of aryl methyl sites for hydroxylation is 2. The molecule has 1 N–H and O–H groups in total. The standard InChI is InChI=1S/C17H29NS/c1-12-11-16(14(3)19-12)13(2)18-15-7-6-9-17(4,5)10-8-15/h11,13,15,18H,6-10H2,1-5H3. The average molecular weight is 279 g/mol. The van der Waals surface area contributed by atoms with Crippen molar-refractivity contribution in [2.45, 2.75) is 78.8 Å². The first-order chi connectivity index (χ1) is 8.87. The molecule has 0 aliphatic heterocycles. The molecule has 1 saturated carbocycles. The second-order valence-corrected chi connectivity index (χ2v) is 8.51. The highest BCUT2D eigenvalue weighted by Gasteiger charge is 2.25. The van der Waals surface area contributed by atoms with Crippen molar-refractivity contribution in [1.29, 1.82) is 0 Å². The molecular formula is C17H29NS. The van der Waals surface area contributed by atoms with Crippen LogP contribution in [-0.2, 0) is 0 Å². The van der Waals surface area contributed by atoms with E-state index < -0.39 is 0 Å². The number of nitrogens with one attached hydrogen (secondary N) is 1. The van der Waals surface area contributed by atoms with E-state index in [4.69, 9.17) is 0 Å². The predicted octanol–water partition coefficient (Wildman–Crippen LogP) is 5.37. The van der Waals surface area contributed by atoms with E-state index in [2.05, 4.69) is 46.0 Å². The molecule has 1 heterocycles. The van der Waals surface area contributed by atoms with Crippen molar-refractivity contribution in [3.63, 3.8) is 0 Å². The van der Waals surface area contributed by atoms with E-state index in [1.807, 2.05) is 11.3 Å². The Morgan fingerprint density at radius 2 is 2.00 bits per heavy atom. The maximum atomic E-state index is 3.87. The summed E-state index contributed by atoms with van der Waals surface area (Å²) in [6.45, 7) is 11.6. The average Bonchev–Trinajstić information content (AvgIpc) is 2.55. The second-order valence-electron chi connectivity index (χ2n) is 7.05. The van der Waals surface area contributed by atoms with Crippen LogP contribution in [0.4, 0.5) is 0 Å².